The predicted octanol–water partition coefficient (Wildman–Crippen LogP) is 6.10. The molecular weight excluding hydrogens is 687 g/mol. The van der Waals surface area contributed by atoms with E-state index in [0.29, 0.717) is 51.1 Å². The van der Waals surface area contributed by atoms with E-state index in [9.17, 15) is 36.6 Å². The molecule has 3 heterocycles. The second-order valence-corrected chi connectivity index (χ2v) is 13.1. The van der Waals surface area contributed by atoms with Crippen LogP contribution in [-0.4, -0.2) is 59.8 Å². The van der Waals surface area contributed by atoms with Crippen LogP contribution in [0.2, 0.25) is 0 Å². The highest BCUT2D eigenvalue weighted by molar-refractivity contribution is 6.04. The zero-order valence-electron chi connectivity index (χ0n) is 27.8. The Morgan fingerprint density at radius 2 is 1.44 bits per heavy atom. The van der Waals surface area contributed by atoms with E-state index in [1.807, 2.05) is 54.6 Å². The van der Waals surface area contributed by atoms with Gasteiger partial charge in [0.2, 0.25) is 11.7 Å². The minimum atomic E-state index is -2.36. The van der Waals surface area contributed by atoms with Crippen molar-refractivity contribution in [3.8, 4) is 0 Å². The van der Waals surface area contributed by atoms with Crippen LogP contribution in [0.1, 0.15) is 58.7 Å². The number of carbonyl (C=O) groups is 2. The number of carbonyl (C=O) groups excluding carboxylic acids is 2. The molecule has 272 valence electrons. The van der Waals surface area contributed by atoms with Crippen LogP contribution in [0.15, 0.2) is 78.9 Å². The lowest BCUT2D eigenvalue weighted by molar-refractivity contribution is -0.253. The Bertz CT molecular complexity index is 1910. The second kappa shape index (κ2) is 14.6. The van der Waals surface area contributed by atoms with Crippen molar-refractivity contribution in [3.05, 3.63) is 130 Å². The Kier molecular flexibility index (Phi) is 9.98. The van der Waals surface area contributed by atoms with E-state index in [-0.39, 0.29) is 24.3 Å². The van der Waals surface area contributed by atoms with Gasteiger partial charge < -0.3 is 35.0 Å². The fraction of sp³-hybridized carbons (Fsp3) is 0.316. The minimum Gasteiger partial charge on any atom is -0.392 e. The number of ether oxygens (including phenoxy) is 2. The van der Waals surface area contributed by atoms with Gasteiger partial charge in [-0.2, -0.15) is 0 Å². The standard InChI is InChI=1S/C38H35F5N4O5/c39-30-29(31(40)33(42)34(43)32(30)41)35(49)45-25-12-10-24(11-13-25)36-51-27(18-28(52-36)23-8-6-22(20-48)7-9-23)19-46-16-14-38(15-17-46)37(50)44-21-47(38)26-4-2-1-3-5-26/h1-13,27-28,36,48H,14-21H2,(H,44,50)(H,45,49)/t27-,28+,36+/m0/s1. The van der Waals surface area contributed by atoms with Gasteiger partial charge in [-0.25, -0.2) is 22.0 Å². The summed E-state index contributed by atoms with van der Waals surface area (Å²) in [5, 5.41) is 14.7. The fourth-order valence-electron chi connectivity index (χ4n) is 7.18. The Morgan fingerprint density at radius 1 is 0.827 bits per heavy atom. The van der Waals surface area contributed by atoms with Crippen molar-refractivity contribution in [1.29, 1.82) is 0 Å². The maximum atomic E-state index is 14.2. The molecule has 3 fully saturated rings. The lowest BCUT2D eigenvalue weighted by atomic mass is 9.85. The zero-order valence-corrected chi connectivity index (χ0v) is 27.8. The molecule has 2 amide bonds. The summed E-state index contributed by atoms with van der Waals surface area (Å²) in [7, 11) is 0. The number of aliphatic hydroxyl groups is 1. The summed E-state index contributed by atoms with van der Waals surface area (Å²) in [6.07, 6.45) is 0.215. The quantitative estimate of drug-likeness (QED) is 0.115. The topological polar surface area (TPSA) is 103 Å². The highest BCUT2D eigenvalue weighted by Crippen LogP contribution is 2.40. The fourth-order valence-corrected chi connectivity index (χ4v) is 7.18. The summed E-state index contributed by atoms with van der Waals surface area (Å²) < 4.78 is 82.2. The number of para-hydroxylation sites is 1. The van der Waals surface area contributed by atoms with Crippen molar-refractivity contribution in [3.63, 3.8) is 0 Å². The van der Waals surface area contributed by atoms with E-state index in [0.717, 1.165) is 16.8 Å². The lowest BCUT2D eigenvalue weighted by Crippen LogP contribution is -2.57. The average molecular weight is 723 g/mol. The van der Waals surface area contributed by atoms with E-state index in [2.05, 4.69) is 20.4 Å². The Labute approximate surface area is 295 Å². The smallest absolute Gasteiger partial charge is 0.261 e. The van der Waals surface area contributed by atoms with Crippen LogP contribution in [0.25, 0.3) is 0 Å². The monoisotopic (exact) mass is 722 g/mol. The van der Waals surface area contributed by atoms with Gasteiger partial charge in [0.25, 0.3) is 5.91 Å². The van der Waals surface area contributed by atoms with Gasteiger partial charge in [0.05, 0.1) is 25.5 Å². The van der Waals surface area contributed by atoms with Gasteiger partial charge in [-0.05, 0) is 48.2 Å². The van der Waals surface area contributed by atoms with E-state index in [1.165, 1.54) is 12.1 Å². The van der Waals surface area contributed by atoms with E-state index >= 15 is 0 Å². The normalized spacial score (nSPS) is 21.7. The number of nitrogens with zero attached hydrogens (tertiary/aromatic N) is 2. The Morgan fingerprint density at radius 3 is 2.08 bits per heavy atom. The molecule has 3 N–H and O–H groups in total. The molecule has 0 saturated carbocycles. The first-order valence-corrected chi connectivity index (χ1v) is 16.8. The van der Waals surface area contributed by atoms with Crippen LogP contribution in [0.5, 0.6) is 0 Å². The molecule has 1 spiro atoms. The van der Waals surface area contributed by atoms with E-state index in [4.69, 9.17) is 9.47 Å². The van der Waals surface area contributed by atoms with Crippen molar-refractivity contribution < 1.29 is 46.1 Å². The van der Waals surface area contributed by atoms with Crippen LogP contribution >= 0.6 is 0 Å². The summed E-state index contributed by atoms with van der Waals surface area (Å²) in [5.74, 6) is -12.7. The first kappa shape index (κ1) is 35.5. The number of hydrogen-bond acceptors (Lipinski definition) is 7. The predicted molar refractivity (Wildman–Crippen MR) is 179 cm³/mol. The van der Waals surface area contributed by atoms with Crippen LogP contribution in [-0.2, 0) is 20.9 Å². The largest absolute Gasteiger partial charge is 0.392 e. The van der Waals surface area contributed by atoms with Gasteiger partial charge in [0.1, 0.15) is 11.1 Å². The molecule has 0 radical (unpaired) electrons. The van der Waals surface area contributed by atoms with Crippen LogP contribution in [0.4, 0.5) is 33.3 Å². The Hall–Kier alpha value is -4.89. The molecule has 3 aliphatic heterocycles. The molecule has 3 aliphatic rings. The van der Waals surface area contributed by atoms with Gasteiger partial charge in [0, 0.05) is 43.0 Å². The molecule has 3 saturated heterocycles. The molecule has 9 nitrogen and oxygen atoms in total. The number of aliphatic hydroxyl groups excluding tert-OH is 1. The number of anilines is 2. The Balaban J connectivity index is 1.06. The van der Waals surface area contributed by atoms with Crippen molar-refractivity contribution in [2.75, 3.05) is 36.5 Å². The molecule has 0 aromatic heterocycles. The van der Waals surface area contributed by atoms with Gasteiger partial charge in [-0.3, -0.25) is 9.59 Å². The second-order valence-electron chi connectivity index (χ2n) is 13.1. The summed E-state index contributed by atoms with van der Waals surface area (Å²) >= 11 is 0. The van der Waals surface area contributed by atoms with E-state index < -0.39 is 58.5 Å². The lowest BCUT2D eigenvalue weighted by Gasteiger charge is -2.45. The van der Waals surface area contributed by atoms with Crippen LogP contribution in [0.3, 0.4) is 0 Å². The number of halogens is 5. The number of rotatable bonds is 8. The number of benzene rings is 4. The molecule has 0 bridgehead atoms. The maximum Gasteiger partial charge on any atom is 0.261 e. The minimum absolute atomic E-state index is 0.0247. The SMILES string of the molecule is O=C(Nc1ccc([C@@H]2O[C@H](CN3CCC4(CC3)C(=O)NCN4c3ccccc3)C[C@H](c3ccc(CO)cc3)O2)cc1)c1c(F)c(F)c(F)c(F)c1F. The third-order valence-corrected chi connectivity index (χ3v) is 10.0. The summed E-state index contributed by atoms with van der Waals surface area (Å²) in [6.45, 7) is 2.22. The van der Waals surface area contributed by atoms with Gasteiger partial charge in [-0.1, -0.05) is 54.6 Å². The van der Waals surface area contributed by atoms with Crippen molar-refractivity contribution in [2.45, 2.75) is 49.9 Å². The maximum absolute atomic E-state index is 14.2. The molecule has 4 aromatic carbocycles. The third kappa shape index (κ3) is 6.74. The molecule has 4 aromatic rings. The number of nitrogens with one attached hydrogen (secondary N) is 2. The van der Waals surface area contributed by atoms with Crippen molar-refractivity contribution in [1.82, 2.24) is 10.2 Å². The first-order valence-electron chi connectivity index (χ1n) is 16.8. The molecule has 14 heteroatoms. The highest BCUT2D eigenvalue weighted by Gasteiger charge is 2.50. The van der Waals surface area contributed by atoms with E-state index in [1.54, 1.807) is 12.1 Å². The molecule has 0 unspecified atom stereocenters. The first-order chi connectivity index (χ1) is 25.1. The molecule has 52 heavy (non-hydrogen) atoms. The summed E-state index contributed by atoms with van der Waals surface area (Å²) in [4.78, 5) is 30.2. The average Bonchev–Trinajstić information content (AvgIpc) is 3.49. The van der Waals surface area contributed by atoms with Gasteiger partial charge in [-0.15, -0.1) is 0 Å². The number of likely N-dealkylation sites (tertiary alicyclic amines) is 1. The number of piperidine rings is 1. The molecular formula is C38H35F5N4O5. The van der Waals surface area contributed by atoms with Crippen LogP contribution in [0, 0.1) is 29.1 Å². The van der Waals surface area contributed by atoms with Crippen molar-refractivity contribution >= 4 is 23.2 Å². The van der Waals surface area contributed by atoms with Gasteiger partial charge in [0.15, 0.2) is 29.6 Å². The zero-order chi connectivity index (χ0) is 36.6. The number of amides is 2. The van der Waals surface area contributed by atoms with Crippen molar-refractivity contribution in [2.24, 2.45) is 0 Å². The summed E-state index contributed by atoms with van der Waals surface area (Å²) in [6, 6.07) is 23.2. The van der Waals surface area contributed by atoms with Gasteiger partial charge >= 0.3 is 0 Å². The van der Waals surface area contributed by atoms with Crippen LogP contribution < -0.4 is 15.5 Å². The highest BCUT2D eigenvalue weighted by atomic mass is 19.2. The molecule has 7 rings (SSSR count). The molecule has 0 aliphatic carbocycles. The number of hydrogen-bond donors (Lipinski definition) is 3. The molecule has 3 atom stereocenters. The third-order valence-electron chi connectivity index (χ3n) is 10.0. The summed E-state index contributed by atoms with van der Waals surface area (Å²) in [5.41, 5.74) is 0.960.